The molecule has 164 valence electrons. The molecule has 0 spiro atoms. The lowest BCUT2D eigenvalue weighted by atomic mass is 10.2. The molecule has 2 N–H and O–H groups in total. The molecule has 9 heteroatoms. The van der Waals surface area contributed by atoms with Crippen molar-refractivity contribution in [2.75, 3.05) is 12.0 Å². The zero-order valence-electron chi connectivity index (χ0n) is 17.4. The van der Waals surface area contributed by atoms with E-state index in [0.29, 0.717) is 41.9 Å². The van der Waals surface area contributed by atoms with Gasteiger partial charge in [0.2, 0.25) is 4.77 Å². The van der Waals surface area contributed by atoms with Crippen molar-refractivity contribution in [2.24, 2.45) is 0 Å². The Morgan fingerprint density at radius 3 is 2.56 bits per heavy atom. The highest BCUT2D eigenvalue weighted by molar-refractivity contribution is 9.10. The summed E-state index contributed by atoms with van der Waals surface area (Å²) in [6, 6.07) is 17.7. The molecule has 2 aromatic carbocycles. The predicted octanol–water partition coefficient (Wildman–Crippen LogP) is 5.49. The summed E-state index contributed by atoms with van der Waals surface area (Å²) < 4.78 is 15.0. The van der Waals surface area contributed by atoms with Crippen molar-refractivity contribution >= 4 is 28.1 Å². The van der Waals surface area contributed by atoms with Gasteiger partial charge in [-0.1, -0.05) is 46.3 Å². The molecule has 2 heterocycles. The van der Waals surface area contributed by atoms with Crippen LogP contribution < -0.4 is 14.9 Å². The lowest BCUT2D eigenvalue weighted by molar-refractivity contribution is 0.269. The monoisotopic (exact) mass is 511 g/mol. The molecule has 0 aliphatic carbocycles. The number of hydrogen-bond donors (Lipinski definition) is 2. The Bertz CT molecular complexity index is 1230. The highest BCUT2D eigenvalue weighted by Crippen LogP contribution is 2.34. The molecular weight excluding hydrogens is 490 g/mol. The van der Waals surface area contributed by atoms with Crippen molar-refractivity contribution < 1.29 is 9.47 Å². The quantitative estimate of drug-likeness (QED) is 0.289. The molecule has 0 bridgehead atoms. The van der Waals surface area contributed by atoms with Gasteiger partial charge >= 0.3 is 0 Å². The van der Waals surface area contributed by atoms with E-state index in [4.69, 9.17) is 21.7 Å². The molecule has 2 aromatic heterocycles. The number of benzene rings is 2. The zero-order valence-corrected chi connectivity index (χ0v) is 19.8. The minimum atomic E-state index is 0.463. The minimum absolute atomic E-state index is 0.463. The summed E-state index contributed by atoms with van der Waals surface area (Å²) in [5.41, 5.74) is 6.32. The molecule has 0 aliphatic heterocycles. The van der Waals surface area contributed by atoms with Gasteiger partial charge in [0.05, 0.1) is 13.2 Å². The summed E-state index contributed by atoms with van der Waals surface area (Å²) in [7, 11) is 0. The number of hydrogen-bond acceptors (Lipinski definition) is 6. The first-order valence-electron chi connectivity index (χ1n) is 10.1. The standard InChI is InChI=1S/C23H22BrN5O2S/c1-2-30-20-12-18(19(24)13-21(20)31-15-16-6-4-3-5-7-16)14-26-29-22(27-28-23(29)32)17-8-10-25-11-9-17/h3-13,26H,2,14-15H2,1H3,(H,28,32). The van der Waals surface area contributed by atoms with Crippen LogP contribution in [0.4, 0.5) is 0 Å². The molecule has 0 radical (unpaired) electrons. The lowest BCUT2D eigenvalue weighted by Crippen LogP contribution is -2.16. The fourth-order valence-corrected chi connectivity index (χ4v) is 3.79. The van der Waals surface area contributed by atoms with Crippen molar-refractivity contribution in [3.05, 3.63) is 87.4 Å². The van der Waals surface area contributed by atoms with Crippen LogP contribution in [0.5, 0.6) is 11.5 Å². The van der Waals surface area contributed by atoms with Gasteiger partial charge in [0, 0.05) is 22.4 Å². The van der Waals surface area contributed by atoms with Crippen LogP contribution in [0.3, 0.4) is 0 Å². The third-order valence-electron chi connectivity index (χ3n) is 4.69. The maximum absolute atomic E-state index is 6.04. The second-order valence-electron chi connectivity index (χ2n) is 6.86. The van der Waals surface area contributed by atoms with Crippen LogP contribution in [0.1, 0.15) is 18.1 Å². The number of halogens is 1. The van der Waals surface area contributed by atoms with Gasteiger partial charge < -0.3 is 14.9 Å². The first-order chi connectivity index (χ1) is 15.7. The fraction of sp³-hybridized carbons (Fsp3) is 0.174. The van der Waals surface area contributed by atoms with Gasteiger partial charge in [-0.15, -0.1) is 0 Å². The van der Waals surface area contributed by atoms with Gasteiger partial charge in [-0.3, -0.25) is 4.98 Å². The molecule has 0 amide bonds. The van der Waals surface area contributed by atoms with Gasteiger partial charge in [-0.2, -0.15) is 5.10 Å². The molecule has 0 saturated carbocycles. The number of aromatic amines is 1. The van der Waals surface area contributed by atoms with Crippen LogP contribution >= 0.6 is 28.1 Å². The molecule has 0 fully saturated rings. The zero-order chi connectivity index (χ0) is 22.3. The summed E-state index contributed by atoms with van der Waals surface area (Å²) in [5, 5.41) is 7.17. The van der Waals surface area contributed by atoms with Gasteiger partial charge in [0.1, 0.15) is 6.61 Å². The second-order valence-corrected chi connectivity index (χ2v) is 8.10. The number of aromatic nitrogens is 4. The Balaban J connectivity index is 1.54. The fourth-order valence-electron chi connectivity index (χ4n) is 3.13. The highest BCUT2D eigenvalue weighted by Gasteiger charge is 2.13. The summed E-state index contributed by atoms with van der Waals surface area (Å²) >= 11 is 9.06. The van der Waals surface area contributed by atoms with Crippen LogP contribution in [-0.4, -0.2) is 26.5 Å². The van der Waals surface area contributed by atoms with E-state index >= 15 is 0 Å². The average molecular weight is 512 g/mol. The van der Waals surface area contributed by atoms with E-state index in [1.807, 2.05) is 61.5 Å². The Morgan fingerprint density at radius 1 is 1.06 bits per heavy atom. The van der Waals surface area contributed by atoms with Crippen molar-refractivity contribution in [3.8, 4) is 22.9 Å². The topological polar surface area (TPSA) is 77.0 Å². The van der Waals surface area contributed by atoms with E-state index in [0.717, 1.165) is 21.2 Å². The molecule has 4 rings (SSSR count). The largest absolute Gasteiger partial charge is 0.490 e. The van der Waals surface area contributed by atoms with Gasteiger partial charge in [-0.05, 0) is 54.5 Å². The Morgan fingerprint density at radius 2 is 1.81 bits per heavy atom. The summed E-state index contributed by atoms with van der Waals surface area (Å²) in [4.78, 5) is 4.06. The van der Waals surface area contributed by atoms with Crippen molar-refractivity contribution in [3.63, 3.8) is 0 Å². The first kappa shape index (κ1) is 22.0. The van der Waals surface area contributed by atoms with Gasteiger partial charge in [-0.25, -0.2) is 9.77 Å². The van der Waals surface area contributed by atoms with Crippen LogP contribution in [0, 0.1) is 4.77 Å². The molecule has 32 heavy (non-hydrogen) atoms. The first-order valence-corrected chi connectivity index (χ1v) is 11.3. The van der Waals surface area contributed by atoms with Crippen LogP contribution in [-0.2, 0) is 13.2 Å². The number of pyridine rings is 1. The average Bonchev–Trinajstić information content (AvgIpc) is 3.19. The maximum atomic E-state index is 6.04. The Labute approximate surface area is 199 Å². The number of H-pyrrole nitrogens is 1. The van der Waals surface area contributed by atoms with Gasteiger partial charge in [0.25, 0.3) is 0 Å². The smallest absolute Gasteiger partial charge is 0.214 e. The summed E-state index contributed by atoms with van der Waals surface area (Å²) in [5.74, 6) is 2.05. The van der Waals surface area contributed by atoms with E-state index in [1.54, 1.807) is 17.1 Å². The molecule has 0 unspecified atom stereocenters. The number of nitrogens with zero attached hydrogens (tertiary/aromatic N) is 3. The molecule has 7 nitrogen and oxygen atoms in total. The van der Waals surface area contributed by atoms with Crippen LogP contribution in [0.2, 0.25) is 0 Å². The molecule has 0 aliphatic rings. The highest BCUT2D eigenvalue weighted by atomic mass is 79.9. The number of rotatable bonds is 9. The van der Waals surface area contributed by atoms with E-state index in [-0.39, 0.29) is 0 Å². The molecular formula is C23H22BrN5O2S. The van der Waals surface area contributed by atoms with Crippen LogP contribution in [0.15, 0.2) is 71.5 Å². The third kappa shape index (κ3) is 5.17. The SMILES string of the molecule is CCOc1cc(CNn2c(-c3ccncc3)n[nH]c2=S)c(Br)cc1OCc1ccccc1. The predicted molar refractivity (Wildman–Crippen MR) is 130 cm³/mol. The Hall–Kier alpha value is -3.17. The van der Waals surface area contributed by atoms with E-state index < -0.39 is 0 Å². The van der Waals surface area contributed by atoms with Gasteiger partial charge in [0.15, 0.2) is 17.3 Å². The van der Waals surface area contributed by atoms with Crippen molar-refractivity contribution in [2.45, 2.75) is 20.1 Å². The molecule has 0 saturated heterocycles. The normalized spacial score (nSPS) is 10.7. The van der Waals surface area contributed by atoms with E-state index in [9.17, 15) is 0 Å². The number of ether oxygens (including phenoxy) is 2. The second kappa shape index (κ2) is 10.4. The third-order valence-corrected chi connectivity index (χ3v) is 5.70. The van der Waals surface area contributed by atoms with E-state index in [1.165, 1.54) is 0 Å². The van der Waals surface area contributed by atoms with Crippen molar-refractivity contribution in [1.82, 2.24) is 19.9 Å². The number of nitrogens with one attached hydrogen (secondary N) is 2. The summed E-state index contributed by atoms with van der Waals surface area (Å²) in [6.07, 6.45) is 3.44. The Kier molecular flexibility index (Phi) is 7.18. The molecule has 4 aromatic rings. The lowest BCUT2D eigenvalue weighted by Gasteiger charge is -2.16. The molecule has 0 atom stereocenters. The van der Waals surface area contributed by atoms with Crippen molar-refractivity contribution in [1.29, 1.82) is 0 Å². The summed E-state index contributed by atoms with van der Waals surface area (Å²) in [6.45, 7) is 3.44. The van der Waals surface area contributed by atoms with E-state index in [2.05, 4.69) is 36.5 Å². The maximum Gasteiger partial charge on any atom is 0.214 e. The van der Waals surface area contributed by atoms with Crippen LogP contribution in [0.25, 0.3) is 11.4 Å². The minimum Gasteiger partial charge on any atom is -0.490 e.